The van der Waals surface area contributed by atoms with E-state index in [1.807, 2.05) is 0 Å². The molecule has 0 aliphatic carbocycles. The highest BCUT2D eigenvalue weighted by Gasteiger charge is 2.23. The standard InChI is InChI=1S/C62H48N2/c1-62(2,3)48-37-32-45(33-38-48)51-24-10-13-29-57(51)64(58-30-14-11-25-53(58)55-28-17-21-46-20-16-27-52(61(46)55)44-18-6-4-7-19-44)50-39-34-43(35-40-50)47-36-41-60-56(42-47)54-26-12-15-31-59(54)63(60)49-22-8-5-9-23-49/h4-42H,1-3H3. The van der Waals surface area contributed by atoms with Crippen molar-refractivity contribution in [3.05, 3.63) is 242 Å². The average Bonchev–Trinajstić information content (AvgIpc) is 3.68. The van der Waals surface area contributed by atoms with Gasteiger partial charge >= 0.3 is 0 Å². The Morgan fingerprint density at radius 1 is 0.359 bits per heavy atom. The number of hydrogen-bond acceptors (Lipinski definition) is 1. The van der Waals surface area contributed by atoms with Crippen molar-refractivity contribution in [2.75, 3.05) is 4.90 Å². The predicted octanol–water partition coefficient (Wildman–Crippen LogP) is 17.4. The first-order chi connectivity index (χ1) is 31.4. The summed E-state index contributed by atoms with van der Waals surface area (Å²) in [5, 5.41) is 4.95. The number of aromatic nitrogens is 1. The summed E-state index contributed by atoms with van der Waals surface area (Å²) in [6.45, 7) is 6.82. The number of nitrogens with zero attached hydrogens (tertiary/aromatic N) is 2. The summed E-state index contributed by atoms with van der Waals surface area (Å²) in [5.41, 5.74) is 17.8. The Morgan fingerprint density at radius 2 is 0.891 bits per heavy atom. The van der Waals surface area contributed by atoms with Gasteiger partial charge in [-0.1, -0.05) is 203 Å². The second-order valence-electron chi connectivity index (χ2n) is 17.7. The third-order valence-corrected chi connectivity index (χ3v) is 12.8. The van der Waals surface area contributed by atoms with E-state index in [-0.39, 0.29) is 5.41 Å². The lowest BCUT2D eigenvalue weighted by molar-refractivity contribution is 0.590. The van der Waals surface area contributed by atoms with Crippen LogP contribution in [0.15, 0.2) is 237 Å². The molecular formula is C62H48N2. The monoisotopic (exact) mass is 820 g/mol. The molecule has 0 aliphatic heterocycles. The second kappa shape index (κ2) is 16.1. The summed E-state index contributed by atoms with van der Waals surface area (Å²) in [4.78, 5) is 2.47. The lowest BCUT2D eigenvalue weighted by Gasteiger charge is -2.30. The molecule has 0 saturated carbocycles. The van der Waals surface area contributed by atoms with Gasteiger partial charge < -0.3 is 9.47 Å². The van der Waals surface area contributed by atoms with Crippen LogP contribution < -0.4 is 4.90 Å². The Bertz CT molecular complexity index is 3440. The van der Waals surface area contributed by atoms with E-state index in [1.165, 1.54) is 82.6 Å². The molecule has 306 valence electrons. The summed E-state index contributed by atoms with van der Waals surface area (Å²) in [6, 6.07) is 86.5. The predicted molar refractivity (Wildman–Crippen MR) is 273 cm³/mol. The molecule has 1 aromatic heterocycles. The first-order valence-corrected chi connectivity index (χ1v) is 22.3. The van der Waals surface area contributed by atoms with Crippen LogP contribution in [-0.4, -0.2) is 4.57 Å². The molecule has 10 aromatic carbocycles. The Kier molecular flexibility index (Phi) is 9.78. The molecule has 0 amide bonds. The van der Waals surface area contributed by atoms with E-state index < -0.39 is 0 Å². The van der Waals surface area contributed by atoms with E-state index in [0.29, 0.717) is 0 Å². The molecule has 2 heteroatoms. The number of anilines is 3. The maximum Gasteiger partial charge on any atom is 0.0541 e. The first-order valence-electron chi connectivity index (χ1n) is 22.3. The fourth-order valence-corrected chi connectivity index (χ4v) is 9.60. The maximum absolute atomic E-state index is 2.47. The molecule has 0 fully saturated rings. The molecular weight excluding hydrogens is 773 g/mol. The van der Waals surface area contributed by atoms with Crippen LogP contribution in [0.25, 0.3) is 82.8 Å². The number of rotatable bonds is 8. The Hall–Kier alpha value is -7.94. The molecule has 64 heavy (non-hydrogen) atoms. The molecule has 11 aromatic rings. The zero-order valence-electron chi connectivity index (χ0n) is 36.4. The molecule has 2 nitrogen and oxygen atoms in total. The highest BCUT2D eigenvalue weighted by molar-refractivity contribution is 6.11. The maximum atomic E-state index is 2.47. The molecule has 0 saturated heterocycles. The van der Waals surface area contributed by atoms with Gasteiger partial charge in [-0.05, 0) is 110 Å². The van der Waals surface area contributed by atoms with Crippen LogP contribution in [0.5, 0.6) is 0 Å². The molecule has 11 rings (SSSR count). The number of benzene rings is 10. The smallest absolute Gasteiger partial charge is 0.0541 e. The molecule has 0 aliphatic rings. The van der Waals surface area contributed by atoms with E-state index in [4.69, 9.17) is 0 Å². The number of hydrogen-bond donors (Lipinski definition) is 0. The van der Waals surface area contributed by atoms with Gasteiger partial charge in [0.1, 0.15) is 0 Å². The third-order valence-electron chi connectivity index (χ3n) is 12.8. The van der Waals surface area contributed by atoms with Crippen molar-refractivity contribution >= 4 is 49.6 Å². The fourth-order valence-electron chi connectivity index (χ4n) is 9.60. The molecule has 0 unspecified atom stereocenters. The van der Waals surface area contributed by atoms with Gasteiger partial charge in [0.05, 0.1) is 22.4 Å². The summed E-state index contributed by atoms with van der Waals surface area (Å²) >= 11 is 0. The molecule has 0 atom stereocenters. The van der Waals surface area contributed by atoms with Crippen LogP contribution in [0, 0.1) is 0 Å². The topological polar surface area (TPSA) is 8.17 Å². The van der Waals surface area contributed by atoms with Gasteiger partial charge in [-0.3, -0.25) is 0 Å². The van der Waals surface area contributed by atoms with Crippen molar-refractivity contribution < 1.29 is 0 Å². The van der Waals surface area contributed by atoms with Crippen LogP contribution in [-0.2, 0) is 5.41 Å². The summed E-state index contributed by atoms with van der Waals surface area (Å²) in [7, 11) is 0. The highest BCUT2D eigenvalue weighted by atomic mass is 15.1. The normalized spacial score (nSPS) is 11.7. The lowest BCUT2D eigenvalue weighted by Crippen LogP contribution is -2.13. The van der Waals surface area contributed by atoms with E-state index in [0.717, 1.165) is 22.7 Å². The van der Waals surface area contributed by atoms with Gasteiger partial charge in [0.25, 0.3) is 0 Å². The van der Waals surface area contributed by atoms with Crippen molar-refractivity contribution in [2.45, 2.75) is 26.2 Å². The van der Waals surface area contributed by atoms with Crippen LogP contribution >= 0.6 is 0 Å². The van der Waals surface area contributed by atoms with E-state index >= 15 is 0 Å². The summed E-state index contributed by atoms with van der Waals surface area (Å²) < 4.78 is 2.37. The highest BCUT2D eigenvalue weighted by Crippen LogP contribution is 2.47. The summed E-state index contributed by atoms with van der Waals surface area (Å²) in [5.74, 6) is 0. The summed E-state index contributed by atoms with van der Waals surface area (Å²) in [6.07, 6.45) is 0. The van der Waals surface area contributed by atoms with Crippen LogP contribution in [0.3, 0.4) is 0 Å². The van der Waals surface area contributed by atoms with Gasteiger partial charge in [0.15, 0.2) is 0 Å². The lowest BCUT2D eigenvalue weighted by atomic mass is 9.86. The van der Waals surface area contributed by atoms with Crippen molar-refractivity contribution in [1.29, 1.82) is 0 Å². The van der Waals surface area contributed by atoms with Crippen molar-refractivity contribution in [1.82, 2.24) is 4.57 Å². The van der Waals surface area contributed by atoms with E-state index in [1.54, 1.807) is 0 Å². The minimum absolute atomic E-state index is 0.0608. The van der Waals surface area contributed by atoms with Gasteiger partial charge in [-0.25, -0.2) is 0 Å². The molecule has 0 radical (unpaired) electrons. The van der Waals surface area contributed by atoms with Crippen LogP contribution in [0.4, 0.5) is 17.1 Å². The average molecular weight is 821 g/mol. The fraction of sp³-hybridized carbons (Fsp3) is 0.0645. The van der Waals surface area contributed by atoms with Gasteiger partial charge in [-0.2, -0.15) is 0 Å². The Morgan fingerprint density at radius 3 is 1.61 bits per heavy atom. The quantitative estimate of drug-likeness (QED) is 0.148. The SMILES string of the molecule is CC(C)(C)c1ccc(-c2ccccc2N(c2ccc(-c3ccc4c(c3)c3ccccc3n4-c3ccccc3)cc2)c2ccccc2-c2cccc3cccc(-c4ccccc4)c23)cc1. The zero-order chi connectivity index (χ0) is 43.2. The minimum atomic E-state index is 0.0608. The van der Waals surface area contributed by atoms with Crippen LogP contribution in [0.1, 0.15) is 26.3 Å². The molecule has 0 N–H and O–H groups in total. The van der Waals surface area contributed by atoms with Crippen molar-refractivity contribution in [2.24, 2.45) is 0 Å². The largest absolute Gasteiger partial charge is 0.309 e. The Labute approximate surface area is 376 Å². The van der Waals surface area contributed by atoms with Crippen LogP contribution in [0.2, 0.25) is 0 Å². The number of para-hydroxylation sites is 4. The third kappa shape index (κ3) is 6.94. The van der Waals surface area contributed by atoms with Crippen molar-refractivity contribution in [3.63, 3.8) is 0 Å². The molecule has 0 bridgehead atoms. The van der Waals surface area contributed by atoms with Crippen molar-refractivity contribution in [3.8, 4) is 50.2 Å². The van der Waals surface area contributed by atoms with E-state index in [2.05, 4.69) is 267 Å². The zero-order valence-corrected chi connectivity index (χ0v) is 36.4. The van der Waals surface area contributed by atoms with E-state index in [9.17, 15) is 0 Å². The molecule has 1 heterocycles. The Balaban J connectivity index is 1.09. The van der Waals surface area contributed by atoms with Gasteiger partial charge in [-0.15, -0.1) is 0 Å². The van der Waals surface area contributed by atoms with Gasteiger partial charge in [0.2, 0.25) is 0 Å². The van der Waals surface area contributed by atoms with Gasteiger partial charge in [0, 0.05) is 33.3 Å². The minimum Gasteiger partial charge on any atom is -0.309 e. The molecule has 0 spiro atoms. The second-order valence-corrected chi connectivity index (χ2v) is 17.7. The first kappa shape index (κ1) is 38.9. The number of fused-ring (bicyclic) bond motifs is 4.